The molecule has 6 nitrogen and oxygen atoms in total. The van der Waals surface area contributed by atoms with E-state index in [-0.39, 0.29) is 18.2 Å². The first kappa shape index (κ1) is 17.6. The molecule has 126 valence electrons. The van der Waals surface area contributed by atoms with Gasteiger partial charge in [0.05, 0.1) is 30.1 Å². The number of hydrogen-bond donors (Lipinski definition) is 3. The standard InChI is InChI=1S/C17H18ClN3O3/c1-2-24-16-9-12(7-8-15(16)22)10-20-21-17(23)11-19-14-6-4-3-5-13(14)18/h3-10,19,22H,2,11H2,1H3,(H,21,23)/b20-10-. The summed E-state index contributed by atoms with van der Waals surface area (Å²) in [7, 11) is 0. The number of hydrazone groups is 1. The summed E-state index contributed by atoms with van der Waals surface area (Å²) in [6.07, 6.45) is 1.47. The zero-order chi connectivity index (χ0) is 17.4. The van der Waals surface area contributed by atoms with Gasteiger partial charge in [-0.3, -0.25) is 4.79 Å². The number of halogens is 1. The van der Waals surface area contributed by atoms with Crippen molar-refractivity contribution in [1.82, 2.24) is 5.43 Å². The largest absolute Gasteiger partial charge is 0.504 e. The van der Waals surface area contributed by atoms with E-state index in [4.69, 9.17) is 16.3 Å². The highest BCUT2D eigenvalue weighted by Crippen LogP contribution is 2.26. The molecular weight excluding hydrogens is 330 g/mol. The molecule has 1 amide bonds. The summed E-state index contributed by atoms with van der Waals surface area (Å²) >= 11 is 5.99. The minimum Gasteiger partial charge on any atom is -0.504 e. The molecule has 0 radical (unpaired) electrons. The number of nitrogens with one attached hydrogen (secondary N) is 2. The molecule has 0 spiro atoms. The lowest BCUT2D eigenvalue weighted by Gasteiger charge is -2.07. The number of amides is 1. The number of ether oxygens (including phenoxy) is 1. The Morgan fingerprint density at radius 2 is 2.12 bits per heavy atom. The lowest BCUT2D eigenvalue weighted by atomic mass is 10.2. The second-order valence-corrected chi connectivity index (χ2v) is 5.19. The van der Waals surface area contributed by atoms with Crippen LogP contribution in [0, 0.1) is 0 Å². The maximum Gasteiger partial charge on any atom is 0.259 e. The highest BCUT2D eigenvalue weighted by Gasteiger charge is 2.03. The minimum atomic E-state index is -0.310. The van der Waals surface area contributed by atoms with E-state index in [0.29, 0.717) is 28.6 Å². The number of rotatable bonds is 7. The number of phenols is 1. The molecule has 2 aromatic carbocycles. The van der Waals surface area contributed by atoms with Gasteiger partial charge < -0.3 is 15.2 Å². The molecule has 24 heavy (non-hydrogen) atoms. The van der Waals surface area contributed by atoms with Crippen LogP contribution < -0.4 is 15.5 Å². The molecule has 0 saturated carbocycles. The smallest absolute Gasteiger partial charge is 0.259 e. The molecule has 0 aliphatic heterocycles. The van der Waals surface area contributed by atoms with Gasteiger partial charge >= 0.3 is 0 Å². The van der Waals surface area contributed by atoms with E-state index in [2.05, 4.69) is 15.8 Å². The third kappa shape index (κ3) is 5.17. The first-order valence-corrected chi connectivity index (χ1v) is 7.74. The number of benzene rings is 2. The summed E-state index contributed by atoms with van der Waals surface area (Å²) in [5.41, 5.74) is 3.78. The number of carbonyl (C=O) groups is 1. The molecule has 3 N–H and O–H groups in total. The molecule has 0 unspecified atom stereocenters. The second kappa shape index (κ2) is 8.79. The summed E-state index contributed by atoms with van der Waals surface area (Å²) in [4.78, 5) is 11.7. The second-order valence-electron chi connectivity index (χ2n) is 4.79. The van der Waals surface area contributed by atoms with Crippen LogP contribution in [0.5, 0.6) is 11.5 Å². The normalized spacial score (nSPS) is 10.6. The van der Waals surface area contributed by atoms with Gasteiger partial charge in [-0.2, -0.15) is 5.10 Å². The van der Waals surface area contributed by atoms with Gasteiger partial charge in [0, 0.05) is 0 Å². The van der Waals surface area contributed by atoms with Crippen LogP contribution in [-0.4, -0.2) is 30.4 Å². The Hall–Kier alpha value is -2.73. The van der Waals surface area contributed by atoms with E-state index in [0.717, 1.165) is 0 Å². The average Bonchev–Trinajstić information content (AvgIpc) is 2.57. The van der Waals surface area contributed by atoms with Crippen LogP contribution in [0.3, 0.4) is 0 Å². The van der Waals surface area contributed by atoms with Crippen LogP contribution >= 0.6 is 11.6 Å². The summed E-state index contributed by atoms with van der Waals surface area (Å²) in [5, 5.41) is 17.0. The summed E-state index contributed by atoms with van der Waals surface area (Å²) in [6.45, 7) is 2.31. The van der Waals surface area contributed by atoms with Crippen LogP contribution in [0.1, 0.15) is 12.5 Å². The summed E-state index contributed by atoms with van der Waals surface area (Å²) in [6, 6.07) is 12.0. The number of para-hydroxylation sites is 1. The van der Waals surface area contributed by atoms with Gasteiger partial charge in [0.2, 0.25) is 0 Å². The number of nitrogens with zero attached hydrogens (tertiary/aromatic N) is 1. The Bertz CT molecular complexity index is 735. The number of anilines is 1. The summed E-state index contributed by atoms with van der Waals surface area (Å²) in [5.74, 6) is 0.116. The SMILES string of the molecule is CCOc1cc(/C=N\NC(=O)CNc2ccccc2Cl)ccc1O. The highest BCUT2D eigenvalue weighted by atomic mass is 35.5. The molecule has 2 rings (SSSR count). The van der Waals surface area contributed by atoms with E-state index in [9.17, 15) is 9.90 Å². The molecule has 0 aliphatic rings. The van der Waals surface area contributed by atoms with Gasteiger partial charge in [0.25, 0.3) is 5.91 Å². The zero-order valence-corrected chi connectivity index (χ0v) is 13.9. The van der Waals surface area contributed by atoms with Gasteiger partial charge in [0.1, 0.15) is 0 Å². The lowest BCUT2D eigenvalue weighted by Crippen LogP contribution is -2.25. The van der Waals surface area contributed by atoms with Crippen molar-refractivity contribution >= 4 is 29.4 Å². The minimum absolute atomic E-state index is 0.0425. The van der Waals surface area contributed by atoms with Crippen molar-refractivity contribution in [3.8, 4) is 11.5 Å². The van der Waals surface area contributed by atoms with Gasteiger partial charge in [-0.05, 0) is 42.8 Å². The van der Waals surface area contributed by atoms with Crippen LogP contribution in [0.15, 0.2) is 47.6 Å². The molecule has 0 heterocycles. The van der Waals surface area contributed by atoms with Gasteiger partial charge in [0.15, 0.2) is 11.5 Å². The van der Waals surface area contributed by atoms with Crippen molar-refractivity contribution < 1.29 is 14.6 Å². The molecule has 7 heteroatoms. The molecule has 0 aromatic heterocycles. The van der Waals surface area contributed by atoms with Crippen LogP contribution in [-0.2, 0) is 4.79 Å². The van der Waals surface area contributed by atoms with Gasteiger partial charge in [-0.15, -0.1) is 0 Å². The van der Waals surface area contributed by atoms with Crippen molar-refractivity contribution in [3.05, 3.63) is 53.1 Å². The fraction of sp³-hybridized carbons (Fsp3) is 0.176. The number of hydrogen-bond acceptors (Lipinski definition) is 5. The quantitative estimate of drug-likeness (QED) is 0.531. The van der Waals surface area contributed by atoms with E-state index in [1.165, 1.54) is 12.3 Å². The monoisotopic (exact) mass is 347 g/mol. The van der Waals surface area contributed by atoms with Crippen LogP contribution in [0.25, 0.3) is 0 Å². The Kier molecular flexibility index (Phi) is 6.45. The van der Waals surface area contributed by atoms with E-state index < -0.39 is 0 Å². The Balaban J connectivity index is 1.86. The molecule has 0 saturated heterocycles. The topological polar surface area (TPSA) is 83.0 Å². The number of phenolic OH excluding ortho intramolecular Hbond substituents is 1. The zero-order valence-electron chi connectivity index (χ0n) is 13.1. The molecular formula is C17H18ClN3O3. The number of aromatic hydroxyl groups is 1. The predicted molar refractivity (Wildman–Crippen MR) is 95.0 cm³/mol. The van der Waals surface area contributed by atoms with E-state index in [1.807, 2.05) is 19.1 Å². The fourth-order valence-electron chi connectivity index (χ4n) is 1.88. The van der Waals surface area contributed by atoms with Crippen molar-refractivity contribution in [2.24, 2.45) is 5.10 Å². The molecule has 0 fully saturated rings. The van der Waals surface area contributed by atoms with Crippen molar-refractivity contribution in [2.75, 3.05) is 18.5 Å². The van der Waals surface area contributed by atoms with E-state index in [1.54, 1.807) is 24.3 Å². The predicted octanol–water partition coefficient (Wildman–Crippen LogP) is 3.01. The first-order valence-electron chi connectivity index (χ1n) is 7.36. The Morgan fingerprint density at radius 1 is 1.33 bits per heavy atom. The Morgan fingerprint density at radius 3 is 2.88 bits per heavy atom. The third-order valence-electron chi connectivity index (χ3n) is 3.00. The molecule has 0 atom stereocenters. The van der Waals surface area contributed by atoms with Gasteiger partial charge in [-0.1, -0.05) is 23.7 Å². The highest BCUT2D eigenvalue weighted by molar-refractivity contribution is 6.33. The van der Waals surface area contributed by atoms with Crippen LogP contribution in [0.2, 0.25) is 5.02 Å². The van der Waals surface area contributed by atoms with Crippen molar-refractivity contribution in [3.63, 3.8) is 0 Å². The first-order chi connectivity index (χ1) is 11.6. The maximum atomic E-state index is 11.7. The van der Waals surface area contributed by atoms with Crippen molar-refractivity contribution in [1.29, 1.82) is 0 Å². The summed E-state index contributed by atoms with van der Waals surface area (Å²) < 4.78 is 5.28. The van der Waals surface area contributed by atoms with Crippen LogP contribution in [0.4, 0.5) is 5.69 Å². The van der Waals surface area contributed by atoms with Gasteiger partial charge in [-0.25, -0.2) is 5.43 Å². The third-order valence-corrected chi connectivity index (χ3v) is 3.33. The lowest BCUT2D eigenvalue weighted by molar-refractivity contribution is -0.119. The average molecular weight is 348 g/mol. The van der Waals surface area contributed by atoms with Crippen molar-refractivity contribution in [2.45, 2.75) is 6.92 Å². The number of carbonyl (C=O) groups excluding carboxylic acids is 1. The fourth-order valence-corrected chi connectivity index (χ4v) is 2.08. The Labute approximate surface area is 145 Å². The maximum absolute atomic E-state index is 11.7. The molecule has 0 bridgehead atoms. The van der Waals surface area contributed by atoms with E-state index >= 15 is 0 Å². The molecule has 0 aliphatic carbocycles. The molecule has 2 aromatic rings.